The largest absolute Gasteiger partial charge is 0.493 e. The topological polar surface area (TPSA) is 59.1 Å². The zero-order valence-corrected chi connectivity index (χ0v) is 18.0. The van der Waals surface area contributed by atoms with Gasteiger partial charge in [-0.3, -0.25) is 4.90 Å². The molecule has 2 aromatic rings. The molecule has 2 aromatic carbocycles. The summed E-state index contributed by atoms with van der Waals surface area (Å²) in [6, 6.07) is 16.5. The molecule has 1 atom stereocenters. The fraction of sp³-hybridized carbons (Fsp3) is 0.455. The molecule has 3 rings (SSSR count). The first-order valence-corrected chi connectivity index (χ1v) is 11.4. The highest BCUT2D eigenvalue weighted by molar-refractivity contribution is 7.89. The maximum Gasteiger partial charge on any atom is 0.242 e. The van der Waals surface area contributed by atoms with Gasteiger partial charge in [0.05, 0.1) is 11.5 Å². The van der Waals surface area contributed by atoms with Crippen LogP contribution in [0.1, 0.15) is 12.8 Å². The molecule has 1 heterocycles. The molecule has 1 fully saturated rings. The third-order valence-electron chi connectivity index (χ3n) is 5.11. The van der Waals surface area contributed by atoms with Crippen LogP contribution in [0, 0.1) is 5.92 Å². The van der Waals surface area contributed by atoms with Crippen LogP contribution in [0.15, 0.2) is 59.5 Å². The van der Waals surface area contributed by atoms with Crippen molar-refractivity contribution in [3.8, 4) is 11.5 Å². The van der Waals surface area contributed by atoms with Crippen LogP contribution in [0.2, 0.25) is 0 Å². The second kappa shape index (κ2) is 10.1. The number of hydrogen-bond acceptors (Lipinski definition) is 5. The van der Waals surface area contributed by atoms with Crippen LogP contribution >= 0.6 is 0 Å². The van der Waals surface area contributed by atoms with Gasteiger partial charge in [-0.25, -0.2) is 12.7 Å². The van der Waals surface area contributed by atoms with Crippen LogP contribution in [0.4, 0.5) is 0 Å². The van der Waals surface area contributed by atoms with Crippen molar-refractivity contribution in [3.05, 3.63) is 54.6 Å². The molecule has 0 aliphatic carbocycles. The van der Waals surface area contributed by atoms with Gasteiger partial charge in [-0.1, -0.05) is 18.2 Å². The predicted molar refractivity (Wildman–Crippen MR) is 114 cm³/mol. The average molecular weight is 419 g/mol. The van der Waals surface area contributed by atoms with Gasteiger partial charge in [0.15, 0.2) is 0 Å². The van der Waals surface area contributed by atoms with Crippen LogP contribution in [0.5, 0.6) is 11.5 Å². The van der Waals surface area contributed by atoms with E-state index in [0.717, 1.165) is 32.0 Å². The predicted octanol–water partition coefficient (Wildman–Crippen LogP) is 3.11. The highest BCUT2D eigenvalue weighted by Gasteiger charge is 2.20. The van der Waals surface area contributed by atoms with E-state index in [9.17, 15) is 8.42 Å². The van der Waals surface area contributed by atoms with Crippen LogP contribution < -0.4 is 9.47 Å². The summed E-state index contributed by atoms with van der Waals surface area (Å²) in [7, 11) is -0.357. The summed E-state index contributed by atoms with van der Waals surface area (Å²) in [5.41, 5.74) is 0. The Morgan fingerprint density at radius 3 is 2.38 bits per heavy atom. The summed E-state index contributed by atoms with van der Waals surface area (Å²) in [6.07, 6.45) is 2.35. The van der Waals surface area contributed by atoms with Crippen LogP contribution in [0.25, 0.3) is 0 Å². The second-order valence-corrected chi connectivity index (χ2v) is 9.69. The molecule has 0 N–H and O–H groups in total. The van der Waals surface area contributed by atoms with Gasteiger partial charge in [0.25, 0.3) is 0 Å². The molecule has 0 spiro atoms. The van der Waals surface area contributed by atoms with Crippen molar-refractivity contribution in [2.24, 2.45) is 5.92 Å². The summed E-state index contributed by atoms with van der Waals surface area (Å²) in [5, 5.41) is 0. The second-order valence-electron chi connectivity index (χ2n) is 7.54. The molecular weight excluding hydrogens is 388 g/mol. The molecule has 7 heteroatoms. The van der Waals surface area contributed by atoms with E-state index >= 15 is 0 Å². The number of benzene rings is 2. The van der Waals surface area contributed by atoms with Gasteiger partial charge in [-0.2, -0.15) is 0 Å². The van der Waals surface area contributed by atoms with Gasteiger partial charge in [-0.05, 0) is 55.8 Å². The number of nitrogens with zero attached hydrogens (tertiary/aromatic N) is 2. The first kappa shape index (κ1) is 21.6. The van der Waals surface area contributed by atoms with E-state index in [1.807, 2.05) is 30.3 Å². The van der Waals surface area contributed by atoms with Gasteiger partial charge < -0.3 is 9.47 Å². The Kier molecular flexibility index (Phi) is 7.52. The molecule has 1 aliphatic rings. The lowest BCUT2D eigenvalue weighted by Crippen LogP contribution is -2.39. The number of piperidine rings is 1. The highest BCUT2D eigenvalue weighted by atomic mass is 32.2. The lowest BCUT2D eigenvalue weighted by atomic mass is 9.99. The van der Waals surface area contributed by atoms with Crippen molar-refractivity contribution < 1.29 is 17.9 Å². The molecule has 1 saturated heterocycles. The normalized spacial score (nSPS) is 18.0. The van der Waals surface area contributed by atoms with Gasteiger partial charge in [0.2, 0.25) is 10.0 Å². The fourth-order valence-electron chi connectivity index (χ4n) is 3.43. The molecular formula is C22H30N2O4S. The van der Waals surface area contributed by atoms with Crippen molar-refractivity contribution >= 4 is 10.0 Å². The minimum absolute atomic E-state index is 0.270. The molecule has 1 aliphatic heterocycles. The molecule has 0 bridgehead atoms. The van der Waals surface area contributed by atoms with E-state index in [1.165, 1.54) is 31.2 Å². The third kappa shape index (κ3) is 6.19. The molecule has 0 saturated carbocycles. The van der Waals surface area contributed by atoms with E-state index < -0.39 is 10.0 Å². The first-order valence-electron chi connectivity index (χ1n) is 10.0. The van der Waals surface area contributed by atoms with Crippen LogP contribution in [-0.2, 0) is 10.0 Å². The summed E-state index contributed by atoms with van der Waals surface area (Å²) < 4.78 is 37.2. The zero-order chi connectivity index (χ0) is 20.7. The maximum atomic E-state index is 12.1. The van der Waals surface area contributed by atoms with Crippen molar-refractivity contribution in [3.63, 3.8) is 0 Å². The van der Waals surface area contributed by atoms with Gasteiger partial charge in [-0.15, -0.1) is 0 Å². The molecule has 6 nitrogen and oxygen atoms in total. The van der Waals surface area contributed by atoms with Gasteiger partial charge >= 0.3 is 0 Å². The molecule has 0 radical (unpaired) electrons. The van der Waals surface area contributed by atoms with Crippen LogP contribution in [0.3, 0.4) is 0 Å². The standard InChI is InChI=1S/C22H30N2O4S/c1-23(2)29(25,26)22-12-10-21(11-13-22)27-16-15-24-14-6-7-19(17-24)18-28-20-8-4-3-5-9-20/h3-5,8-13,19H,6-7,14-18H2,1-2H3. The number of para-hydroxylation sites is 1. The SMILES string of the molecule is CN(C)S(=O)(=O)c1ccc(OCCN2CCCC(COc3ccccc3)C2)cc1. The van der Waals surface area contributed by atoms with Crippen LogP contribution in [-0.4, -0.2) is 64.6 Å². The Hall–Kier alpha value is -2.09. The summed E-state index contributed by atoms with van der Waals surface area (Å²) in [6.45, 7) is 4.25. The van der Waals surface area contributed by atoms with Gasteiger partial charge in [0, 0.05) is 33.1 Å². The molecule has 0 amide bonds. The smallest absolute Gasteiger partial charge is 0.242 e. The summed E-state index contributed by atoms with van der Waals surface area (Å²) >= 11 is 0. The van der Waals surface area contributed by atoms with E-state index in [0.29, 0.717) is 18.3 Å². The molecule has 0 aromatic heterocycles. The average Bonchev–Trinajstić information content (AvgIpc) is 2.74. The number of ether oxygens (including phenoxy) is 2. The van der Waals surface area contributed by atoms with Crippen molar-refractivity contribution in [1.82, 2.24) is 9.21 Å². The Bertz CT molecular complexity index is 854. The monoisotopic (exact) mass is 418 g/mol. The van der Waals surface area contributed by atoms with E-state index in [1.54, 1.807) is 24.3 Å². The number of rotatable bonds is 9. The fourth-order valence-corrected chi connectivity index (χ4v) is 4.33. The third-order valence-corrected chi connectivity index (χ3v) is 6.94. The van der Waals surface area contributed by atoms with E-state index in [-0.39, 0.29) is 4.90 Å². The Morgan fingerprint density at radius 2 is 1.69 bits per heavy atom. The lowest BCUT2D eigenvalue weighted by Gasteiger charge is -2.32. The number of likely N-dealkylation sites (tertiary alicyclic amines) is 1. The van der Waals surface area contributed by atoms with Crippen molar-refractivity contribution in [2.75, 3.05) is 46.9 Å². The first-order chi connectivity index (χ1) is 13.9. The molecule has 158 valence electrons. The molecule has 29 heavy (non-hydrogen) atoms. The summed E-state index contributed by atoms with van der Waals surface area (Å²) in [5.74, 6) is 2.14. The lowest BCUT2D eigenvalue weighted by molar-refractivity contribution is 0.115. The quantitative estimate of drug-likeness (QED) is 0.626. The van der Waals surface area contributed by atoms with Crippen molar-refractivity contribution in [1.29, 1.82) is 0 Å². The van der Waals surface area contributed by atoms with E-state index in [2.05, 4.69) is 4.90 Å². The number of sulfonamides is 1. The maximum absolute atomic E-state index is 12.1. The van der Waals surface area contributed by atoms with Gasteiger partial charge in [0.1, 0.15) is 18.1 Å². The number of hydrogen-bond donors (Lipinski definition) is 0. The Morgan fingerprint density at radius 1 is 1.00 bits per heavy atom. The highest BCUT2D eigenvalue weighted by Crippen LogP contribution is 2.20. The Balaban J connectivity index is 1.42. The summed E-state index contributed by atoms with van der Waals surface area (Å²) in [4.78, 5) is 2.68. The Labute approximate surface area is 174 Å². The zero-order valence-electron chi connectivity index (χ0n) is 17.2. The van der Waals surface area contributed by atoms with Crippen molar-refractivity contribution in [2.45, 2.75) is 17.7 Å². The van der Waals surface area contributed by atoms with E-state index in [4.69, 9.17) is 9.47 Å². The molecule has 1 unspecified atom stereocenters. The minimum Gasteiger partial charge on any atom is -0.493 e. The minimum atomic E-state index is -3.41.